The Morgan fingerprint density at radius 2 is 1.87 bits per heavy atom. The van der Waals surface area contributed by atoms with Gasteiger partial charge in [-0.25, -0.2) is 0 Å². The van der Waals surface area contributed by atoms with Gasteiger partial charge in [0.15, 0.2) is 6.10 Å². The molecule has 1 atom stereocenters. The summed E-state index contributed by atoms with van der Waals surface area (Å²) in [5.74, 6) is -0.106. The van der Waals surface area contributed by atoms with Crippen molar-refractivity contribution < 1.29 is 19.4 Å². The first-order valence-corrected chi connectivity index (χ1v) is 7.58. The summed E-state index contributed by atoms with van der Waals surface area (Å²) in [6.07, 6.45) is -0.437. The maximum atomic E-state index is 11.4. The van der Waals surface area contributed by atoms with Crippen molar-refractivity contribution in [3.8, 4) is 5.75 Å². The molecule has 0 amide bonds. The monoisotopic (exact) mass is 317 g/mol. The van der Waals surface area contributed by atoms with Crippen LogP contribution in [-0.2, 0) is 14.3 Å². The molecule has 0 saturated heterocycles. The third-order valence-corrected chi connectivity index (χ3v) is 3.48. The van der Waals surface area contributed by atoms with Gasteiger partial charge in [-0.3, -0.25) is 4.79 Å². The largest absolute Gasteiger partial charge is 0.508 e. The summed E-state index contributed by atoms with van der Waals surface area (Å²) >= 11 is 0. The number of likely N-dealkylation sites (N-methyl/N-ethyl adjacent to an activating group) is 1. The molecule has 0 heterocycles. The van der Waals surface area contributed by atoms with Crippen LogP contribution in [0.2, 0.25) is 0 Å². The minimum atomic E-state index is -0.437. The minimum absolute atomic E-state index is 0.230. The number of ether oxygens (including phenoxy) is 2. The third-order valence-electron chi connectivity index (χ3n) is 3.48. The summed E-state index contributed by atoms with van der Waals surface area (Å²) in [7, 11) is 3.96. The number of rotatable bonds is 7. The molecule has 5 heteroatoms. The average molecular weight is 317 g/mol. The number of carbonyl (C=O) groups excluding carboxylic acids is 1. The van der Waals surface area contributed by atoms with E-state index in [4.69, 9.17) is 9.47 Å². The fraction of sp³-hybridized carbons (Fsp3) is 0.389. The Morgan fingerprint density at radius 3 is 2.57 bits per heavy atom. The van der Waals surface area contributed by atoms with Crippen molar-refractivity contribution in [3.05, 3.63) is 42.0 Å². The minimum Gasteiger partial charge on any atom is -0.508 e. The average Bonchev–Trinajstić information content (AvgIpc) is 2.49. The molecule has 0 aliphatic rings. The van der Waals surface area contributed by atoms with Gasteiger partial charge in [0, 0.05) is 13.5 Å². The lowest BCUT2D eigenvalue weighted by molar-refractivity contribution is -0.150. The summed E-state index contributed by atoms with van der Waals surface area (Å²) in [4.78, 5) is 13.4. The zero-order valence-corrected chi connectivity index (χ0v) is 13.8. The summed E-state index contributed by atoms with van der Waals surface area (Å²) in [6.45, 7) is 3.10. The molecule has 0 aromatic heterocycles. The van der Waals surface area contributed by atoms with Gasteiger partial charge in [-0.2, -0.15) is 0 Å². The van der Waals surface area contributed by atoms with Crippen LogP contribution in [-0.4, -0.2) is 49.8 Å². The van der Waals surface area contributed by atoms with Crippen molar-refractivity contribution in [1.82, 2.24) is 4.90 Å². The Kier molecular flexibility index (Phi) is 5.96. The molecule has 23 heavy (non-hydrogen) atoms. The van der Waals surface area contributed by atoms with Crippen molar-refractivity contribution >= 4 is 16.7 Å². The van der Waals surface area contributed by atoms with Crippen LogP contribution < -0.4 is 0 Å². The topological polar surface area (TPSA) is 59.0 Å². The Morgan fingerprint density at radius 1 is 1.17 bits per heavy atom. The number of hydrogen-bond donors (Lipinski definition) is 1. The van der Waals surface area contributed by atoms with Gasteiger partial charge in [-0.15, -0.1) is 0 Å². The highest BCUT2D eigenvalue weighted by Gasteiger charge is 2.16. The van der Waals surface area contributed by atoms with Crippen LogP contribution in [0, 0.1) is 0 Å². The Labute approximate surface area is 136 Å². The number of carbonyl (C=O) groups is 1. The lowest BCUT2D eigenvalue weighted by atomic mass is 10.0. The van der Waals surface area contributed by atoms with E-state index < -0.39 is 6.10 Å². The first kappa shape index (κ1) is 17.2. The van der Waals surface area contributed by atoms with E-state index in [0.29, 0.717) is 13.2 Å². The Bertz CT molecular complexity index is 669. The van der Waals surface area contributed by atoms with Crippen LogP contribution in [0.4, 0.5) is 0 Å². The van der Waals surface area contributed by atoms with Crippen LogP contribution >= 0.6 is 0 Å². The number of hydrogen-bond acceptors (Lipinski definition) is 5. The number of fused-ring (bicyclic) bond motifs is 1. The molecule has 0 fully saturated rings. The quantitative estimate of drug-likeness (QED) is 0.628. The van der Waals surface area contributed by atoms with Crippen molar-refractivity contribution in [3.63, 3.8) is 0 Å². The number of esters is 1. The van der Waals surface area contributed by atoms with Crippen LogP contribution in [0.1, 0.15) is 18.6 Å². The lowest BCUT2D eigenvalue weighted by Gasteiger charge is -2.19. The predicted molar refractivity (Wildman–Crippen MR) is 89.5 cm³/mol. The van der Waals surface area contributed by atoms with E-state index in [1.54, 1.807) is 12.1 Å². The molecule has 1 unspecified atom stereocenters. The van der Waals surface area contributed by atoms with Crippen molar-refractivity contribution in [1.29, 1.82) is 0 Å². The smallest absolute Gasteiger partial charge is 0.303 e. The lowest BCUT2D eigenvalue weighted by Crippen LogP contribution is -2.21. The molecule has 2 aromatic rings. The number of benzene rings is 2. The second-order valence-electron chi connectivity index (χ2n) is 5.77. The van der Waals surface area contributed by atoms with Gasteiger partial charge in [0.2, 0.25) is 0 Å². The molecular weight excluding hydrogens is 294 g/mol. The van der Waals surface area contributed by atoms with Gasteiger partial charge in [-0.1, -0.05) is 18.2 Å². The third kappa shape index (κ3) is 5.23. The Hall–Kier alpha value is -2.11. The van der Waals surface area contributed by atoms with Crippen molar-refractivity contribution in [2.45, 2.75) is 13.0 Å². The van der Waals surface area contributed by atoms with Crippen LogP contribution in [0.15, 0.2) is 36.4 Å². The van der Waals surface area contributed by atoms with Gasteiger partial charge in [0.05, 0.1) is 13.2 Å². The number of aromatic hydroxyl groups is 1. The SMILES string of the molecule is CC(=O)OC(COCCN(C)C)c1ccc2cc(O)ccc2c1. The van der Waals surface area contributed by atoms with Gasteiger partial charge in [0.1, 0.15) is 5.75 Å². The molecule has 0 saturated carbocycles. The molecule has 2 rings (SSSR count). The van der Waals surface area contributed by atoms with Crippen LogP contribution in [0.3, 0.4) is 0 Å². The first-order valence-electron chi connectivity index (χ1n) is 7.58. The van der Waals surface area contributed by atoms with Gasteiger partial charge in [0.25, 0.3) is 0 Å². The zero-order valence-electron chi connectivity index (χ0n) is 13.8. The van der Waals surface area contributed by atoms with Gasteiger partial charge in [-0.05, 0) is 48.6 Å². The summed E-state index contributed by atoms with van der Waals surface area (Å²) in [5.41, 5.74) is 0.878. The fourth-order valence-electron chi connectivity index (χ4n) is 2.29. The van der Waals surface area contributed by atoms with Crippen molar-refractivity contribution in [2.75, 3.05) is 33.9 Å². The summed E-state index contributed by atoms with van der Waals surface area (Å²) in [6, 6.07) is 10.9. The zero-order chi connectivity index (χ0) is 16.8. The van der Waals surface area contributed by atoms with Crippen molar-refractivity contribution in [2.24, 2.45) is 0 Å². The molecule has 0 aliphatic heterocycles. The first-order chi connectivity index (χ1) is 11.0. The molecule has 2 aromatic carbocycles. The molecule has 0 radical (unpaired) electrons. The number of phenolic OH excluding ortho intramolecular Hbond substituents is 1. The molecule has 0 aliphatic carbocycles. The molecule has 0 spiro atoms. The van der Waals surface area contributed by atoms with E-state index in [-0.39, 0.29) is 11.7 Å². The Balaban J connectivity index is 2.14. The van der Waals surface area contributed by atoms with E-state index >= 15 is 0 Å². The van der Waals surface area contributed by atoms with Crippen LogP contribution in [0.5, 0.6) is 5.75 Å². The highest BCUT2D eigenvalue weighted by molar-refractivity contribution is 5.84. The van der Waals surface area contributed by atoms with Gasteiger partial charge < -0.3 is 19.5 Å². The second kappa shape index (κ2) is 7.94. The van der Waals surface area contributed by atoms with E-state index in [1.165, 1.54) is 6.92 Å². The van der Waals surface area contributed by atoms with E-state index in [9.17, 15) is 9.90 Å². The summed E-state index contributed by atoms with van der Waals surface area (Å²) < 4.78 is 11.0. The standard InChI is InChI=1S/C18H23NO4/c1-13(20)23-18(12-22-9-8-19(2)3)16-5-4-15-11-17(21)7-6-14(15)10-16/h4-7,10-11,18,21H,8-9,12H2,1-3H3. The fourth-order valence-corrected chi connectivity index (χ4v) is 2.29. The maximum absolute atomic E-state index is 11.4. The predicted octanol–water partition coefficient (Wildman–Crippen LogP) is 2.73. The summed E-state index contributed by atoms with van der Waals surface area (Å²) in [5, 5.41) is 11.4. The van der Waals surface area contributed by atoms with E-state index in [1.807, 2.05) is 43.3 Å². The van der Waals surface area contributed by atoms with E-state index in [0.717, 1.165) is 22.9 Å². The molecule has 1 N–H and O–H groups in total. The molecular formula is C18H23NO4. The normalized spacial score (nSPS) is 12.5. The second-order valence-corrected chi connectivity index (χ2v) is 5.77. The number of phenols is 1. The number of nitrogens with zero attached hydrogens (tertiary/aromatic N) is 1. The molecule has 5 nitrogen and oxygen atoms in total. The maximum Gasteiger partial charge on any atom is 0.303 e. The molecule has 124 valence electrons. The van der Waals surface area contributed by atoms with Crippen LogP contribution in [0.25, 0.3) is 10.8 Å². The highest BCUT2D eigenvalue weighted by atomic mass is 16.6. The highest BCUT2D eigenvalue weighted by Crippen LogP contribution is 2.25. The van der Waals surface area contributed by atoms with E-state index in [2.05, 4.69) is 0 Å². The van der Waals surface area contributed by atoms with Gasteiger partial charge >= 0.3 is 5.97 Å². The molecule has 0 bridgehead atoms.